The van der Waals surface area contributed by atoms with Crippen LogP contribution in [0, 0.1) is 29.1 Å². The van der Waals surface area contributed by atoms with Crippen LogP contribution in [0.3, 0.4) is 0 Å². The molecule has 0 bridgehead atoms. The van der Waals surface area contributed by atoms with E-state index in [1.807, 2.05) is 13.8 Å². The van der Waals surface area contributed by atoms with Crippen molar-refractivity contribution in [3.8, 4) is 0 Å². The van der Waals surface area contributed by atoms with Crippen molar-refractivity contribution >= 4 is 0 Å². The quantitative estimate of drug-likeness (QED) is 0.395. The average Bonchev–Trinajstić information content (AvgIpc) is 3.09. The largest absolute Gasteiger partial charge is 0.396 e. The summed E-state index contributed by atoms with van der Waals surface area (Å²) in [6.45, 7) is 12.8. The van der Waals surface area contributed by atoms with E-state index in [1.165, 1.54) is 37.7 Å². The van der Waals surface area contributed by atoms with Crippen LogP contribution in [0.25, 0.3) is 0 Å². The van der Waals surface area contributed by atoms with Crippen LogP contribution in [0.4, 0.5) is 0 Å². The predicted octanol–water partition coefficient (Wildman–Crippen LogP) is 5.31. The van der Waals surface area contributed by atoms with Gasteiger partial charge in [0.25, 0.3) is 0 Å². The Bertz CT molecular complexity index is 745. The van der Waals surface area contributed by atoms with E-state index in [-0.39, 0.29) is 12.5 Å². The highest BCUT2D eigenvalue weighted by atomic mass is 16.3. The normalized spacial score (nSPS) is 38.7. The summed E-state index contributed by atoms with van der Waals surface area (Å²) in [4.78, 5) is 0. The second-order valence-electron chi connectivity index (χ2n) is 12.1. The Labute approximate surface area is 201 Å². The lowest BCUT2D eigenvalue weighted by atomic mass is 9.60. The van der Waals surface area contributed by atoms with E-state index in [1.54, 1.807) is 0 Å². The number of hydrogen-bond donors (Lipinski definition) is 4. The summed E-state index contributed by atoms with van der Waals surface area (Å²) in [7, 11) is 0. The highest BCUT2D eigenvalue weighted by Crippen LogP contribution is 2.60. The second-order valence-corrected chi connectivity index (χ2v) is 12.1. The molecule has 0 heterocycles. The number of fused-ring (bicyclic) bond motifs is 1. The van der Waals surface area contributed by atoms with Crippen molar-refractivity contribution in [1.29, 1.82) is 0 Å². The molecule has 0 unspecified atom stereocenters. The maximum absolute atomic E-state index is 10.6. The number of aliphatic hydroxyl groups is 4. The van der Waals surface area contributed by atoms with E-state index in [0.717, 1.165) is 30.8 Å². The molecule has 0 aromatic carbocycles. The van der Waals surface area contributed by atoms with Crippen molar-refractivity contribution in [2.75, 3.05) is 6.61 Å². The van der Waals surface area contributed by atoms with Crippen molar-refractivity contribution in [1.82, 2.24) is 0 Å². The summed E-state index contributed by atoms with van der Waals surface area (Å²) in [5.41, 5.74) is 2.93. The Morgan fingerprint density at radius 3 is 2.61 bits per heavy atom. The fourth-order valence-corrected chi connectivity index (χ4v) is 7.32. The number of hydrogen-bond acceptors (Lipinski definition) is 4. The predicted molar refractivity (Wildman–Crippen MR) is 135 cm³/mol. The van der Waals surface area contributed by atoms with E-state index in [2.05, 4.69) is 32.6 Å². The van der Waals surface area contributed by atoms with Gasteiger partial charge in [-0.25, -0.2) is 0 Å². The minimum Gasteiger partial charge on any atom is -0.396 e. The zero-order chi connectivity index (χ0) is 24.4. The molecule has 4 heteroatoms. The molecule has 0 saturated heterocycles. The first-order valence-electron chi connectivity index (χ1n) is 13.3. The lowest BCUT2D eigenvalue weighted by Gasteiger charge is -2.44. The van der Waals surface area contributed by atoms with Crippen molar-refractivity contribution < 1.29 is 20.4 Å². The summed E-state index contributed by atoms with van der Waals surface area (Å²) in [6, 6.07) is 0. The smallest absolute Gasteiger partial charge is 0.0840 e. The first-order valence-corrected chi connectivity index (χ1v) is 13.3. The Kier molecular flexibility index (Phi) is 8.70. The van der Waals surface area contributed by atoms with Crippen LogP contribution in [0.15, 0.2) is 35.5 Å². The lowest BCUT2D eigenvalue weighted by molar-refractivity contribution is 0.00609. The first kappa shape index (κ1) is 26.7. The number of rotatable bonds is 8. The SMILES string of the molecule is C=C1/C(=C/C=C2\CCC[C@]3(C)[C@@H]([C@@H](C)CCCC(C)(C)O)CC[C@@H]23)C[C@@H](O)[C@H](CCO)[C@@H]1O. The molecule has 0 aliphatic heterocycles. The van der Waals surface area contributed by atoms with Gasteiger partial charge in [0.1, 0.15) is 0 Å². The maximum Gasteiger partial charge on any atom is 0.0840 e. The molecular weight excluding hydrogens is 412 g/mol. The molecule has 0 amide bonds. The number of aliphatic hydroxyl groups excluding tert-OH is 3. The third-order valence-electron chi connectivity index (χ3n) is 9.23. The Morgan fingerprint density at radius 1 is 1.21 bits per heavy atom. The van der Waals surface area contributed by atoms with E-state index in [4.69, 9.17) is 0 Å². The molecule has 3 saturated carbocycles. The van der Waals surface area contributed by atoms with Crippen LogP contribution in [-0.2, 0) is 0 Å². The zero-order valence-electron chi connectivity index (χ0n) is 21.4. The van der Waals surface area contributed by atoms with Crippen molar-refractivity contribution in [2.45, 2.75) is 110 Å². The summed E-state index contributed by atoms with van der Waals surface area (Å²) < 4.78 is 0. The molecule has 4 N–H and O–H groups in total. The van der Waals surface area contributed by atoms with Gasteiger partial charge in [0, 0.05) is 12.5 Å². The van der Waals surface area contributed by atoms with Gasteiger partial charge in [-0.2, -0.15) is 0 Å². The van der Waals surface area contributed by atoms with Crippen molar-refractivity contribution in [2.24, 2.45) is 29.1 Å². The highest BCUT2D eigenvalue weighted by Gasteiger charge is 2.50. The number of allylic oxidation sites excluding steroid dienone is 3. The third kappa shape index (κ3) is 6.01. The Hall–Kier alpha value is -0.940. The molecule has 4 nitrogen and oxygen atoms in total. The fourth-order valence-electron chi connectivity index (χ4n) is 7.32. The molecule has 3 fully saturated rings. The molecule has 0 spiro atoms. The third-order valence-corrected chi connectivity index (χ3v) is 9.23. The molecule has 3 aliphatic rings. The molecule has 0 radical (unpaired) electrons. The van der Waals surface area contributed by atoms with Gasteiger partial charge in [-0.3, -0.25) is 0 Å². The summed E-state index contributed by atoms with van der Waals surface area (Å²) in [5, 5.41) is 40.4. The molecule has 0 aromatic rings. The molecule has 3 aliphatic carbocycles. The van der Waals surface area contributed by atoms with E-state index < -0.39 is 17.8 Å². The van der Waals surface area contributed by atoms with Gasteiger partial charge in [-0.1, -0.05) is 51.0 Å². The van der Waals surface area contributed by atoms with E-state index in [9.17, 15) is 20.4 Å². The monoisotopic (exact) mass is 460 g/mol. The Morgan fingerprint density at radius 2 is 1.94 bits per heavy atom. The molecule has 33 heavy (non-hydrogen) atoms. The first-order chi connectivity index (χ1) is 15.5. The molecule has 188 valence electrons. The van der Waals surface area contributed by atoms with E-state index >= 15 is 0 Å². The molecule has 7 atom stereocenters. The van der Waals surface area contributed by atoms with Crippen LogP contribution in [0.2, 0.25) is 0 Å². The standard InChI is InChI=1S/C29H48O4/c1-19(8-6-15-28(3,4)33)24-12-13-25-21(9-7-16-29(24,25)5)10-11-22-18-26(31)23(14-17-30)27(32)20(22)2/h10-11,19,23-27,30-33H,2,6-9,12-18H2,1,3-5H3/b21-10+,22-11+/t19-,23-,24+,25-,26+,27+,29+/m0/s1. The van der Waals surface area contributed by atoms with Crippen molar-refractivity contribution in [3.63, 3.8) is 0 Å². The minimum atomic E-state index is -0.789. The van der Waals surface area contributed by atoms with Crippen LogP contribution < -0.4 is 0 Å². The van der Waals surface area contributed by atoms with Crippen LogP contribution in [0.1, 0.15) is 91.9 Å². The molecular formula is C29H48O4. The van der Waals surface area contributed by atoms with Gasteiger partial charge in [-0.15, -0.1) is 0 Å². The minimum absolute atomic E-state index is 0.0349. The average molecular weight is 461 g/mol. The summed E-state index contributed by atoms with van der Waals surface area (Å²) >= 11 is 0. The fraction of sp³-hybridized carbons (Fsp3) is 0.793. The van der Waals surface area contributed by atoms with Gasteiger partial charge in [0.2, 0.25) is 0 Å². The van der Waals surface area contributed by atoms with Gasteiger partial charge >= 0.3 is 0 Å². The summed E-state index contributed by atoms with van der Waals surface area (Å²) in [5.74, 6) is 1.68. The summed E-state index contributed by atoms with van der Waals surface area (Å²) in [6.07, 6.45) is 13.1. The van der Waals surface area contributed by atoms with Gasteiger partial charge in [0.05, 0.1) is 17.8 Å². The maximum atomic E-state index is 10.6. The zero-order valence-corrected chi connectivity index (χ0v) is 21.4. The lowest BCUT2D eigenvalue weighted by Crippen LogP contribution is -2.39. The van der Waals surface area contributed by atoms with Gasteiger partial charge < -0.3 is 20.4 Å². The van der Waals surface area contributed by atoms with Gasteiger partial charge in [-0.05, 0) is 99.5 Å². The van der Waals surface area contributed by atoms with Gasteiger partial charge in [0.15, 0.2) is 0 Å². The highest BCUT2D eigenvalue weighted by molar-refractivity contribution is 5.39. The van der Waals surface area contributed by atoms with Crippen molar-refractivity contribution in [3.05, 3.63) is 35.5 Å². The van der Waals surface area contributed by atoms with Crippen LogP contribution in [0.5, 0.6) is 0 Å². The molecule has 3 rings (SSSR count). The van der Waals surface area contributed by atoms with E-state index in [0.29, 0.717) is 35.7 Å². The second kappa shape index (κ2) is 10.8. The molecule has 0 aromatic heterocycles. The van der Waals surface area contributed by atoms with Crippen LogP contribution in [-0.4, -0.2) is 44.8 Å². The van der Waals surface area contributed by atoms with Crippen LogP contribution >= 0.6 is 0 Å². The topological polar surface area (TPSA) is 80.9 Å². The Balaban J connectivity index is 1.70.